The largest absolute Gasteiger partial charge is 0.383 e. The van der Waals surface area contributed by atoms with Crippen LogP contribution in [0.25, 0.3) is 0 Å². The first-order valence-corrected chi connectivity index (χ1v) is 10.3. The molecule has 0 bridgehead atoms. The summed E-state index contributed by atoms with van der Waals surface area (Å²) >= 11 is 0. The molecule has 0 aliphatic carbocycles. The van der Waals surface area contributed by atoms with Crippen LogP contribution in [0.4, 0.5) is 10.5 Å². The first kappa shape index (κ1) is 20.2. The van der Waals surface area contributed by atoms with Crippen LogP contribution in [0.3, 0.4) is 0 Å². The molecule has 0 spiro atoms. The maximum absolute atomic E-state index is 12.0. The molecule has 8 nitrogen and oxygen atoms in total. The van der Waals surface area contributed by atoms with Gasteiger partial charge in [-0.1, -0.05) is 0 Å². The van der Waals surface area contributed by atoms with Gasteiger partial charge >= 0.3 is 6.03 Å². The molecule has 3 amide bonds. The molecule has 1 atom stereocenters. The van der Waals surface area contributed by atoms with Gasteiger partial charge in [0.1, 0.15) is 0 Å². The minimum absolute atomic E-state index is 0.0370. The molecule has 0 aromatic heterocycles. The monoisotopic (exact) mass is 383 g/mol. The number of benzene rings is 1. The predicted octanol–water partition coefficient (Wildman–Crippen LogP) is 0.927. The summed E-state index contributed by atoms with van der Waals surface area (Å²) in [4.78, 5) is 24.0. The third kappa shape index (κ3) is 5.99. The summed E-state index contributed by atoms with van der Waals surface area (Å²) in [6, 6.07) is 4.60. The number of urea groups is 1. The third-order valence-electron chi connectivity index (χ3n) is 4.21. The maximum atomic E-state index is 12.0. The zero-order chi connectivity index (χ0) is 19.2. The van der Waals surface area contributed by atoms with Crippen molar-refractivity contribution in [3.05, 3.63) is 29.3 Å². The molecule has 26 heavy (non-hydrogen) atoms. The number of amides is 3. The number of methoxy groups -OCH3 is 1. The van der Waals surface area contributed by atoms with Gasteiger partial charge in [-0.2, -0.15) is 0 Å². The molecule has 1 aliphatic heterocycles. The molecule has 1 aliphatic rings. The lowest BCUT2D eigenvalue weighted by Gasteiger charge is -2.13. The Morgan fingerprint density at radius 3 is 2.65 bits per heavy atom. The van der Waals surface area contributed by atoms with Crippen molar-refractivity contribution in [2.24, 2.45) is 5.92 Å². The number of anilines is 1. The Labute approximate surface area is 153 Å². The van der Waals surface area contributed by atoms with Crippen molar-refractivity contribution >= 4 is 27.5 Å². The zero-order valence-electron chi connectivity index (χ0n) is 15.0. The molecule has 2 rings (SSSR count). The van der Waals surface area contributed by atoms with E-state index >= 15 is 0 Å². The summed E-state index contributed by atoms with van der Waals surface area (Å²) in [5.41, 5.74) is 1.85. The molecular formula is C17H25N3O5S. The highest BCUT2D eigenvalue weighted by Gasteiger charge is 2.27. The van der Waals surface area contributed by atoms with E-state index in [4.69, 9.17) is 4.74 Å². The van der Waals surface area contributed by atoms with Crippen molar-refractivity contribution in [2.45, 2.75) is 13.3 Å². The van der Waals surface area contributed by atoms with Crippen LogP contribution in [0.5, 0.6) is 0 Å². The molecule has 3 N–H and O–H groups in total. The number of carbonyl (C=O) groups excluding carboxylic acids is 2. The minimum Gasteiger partial charge on any atom is -0.383 e. The van der Waals surface area contributed by atoms with Crippen molar-refractivity contribution < 1.29 is 22.7 Å². The lowest BCUT2D eigenvalue weighted by molar-refractivity contribution is 0.0937. The molecule has 1 fully saturated rings. The zero-order valence-corrected chi connectivity index (χ0v) is 15.8. The highest BCUT2D eigenvalue weighted by Crippen LogP contribution is 2.18. The molecule has 0 radical (unpaired) electrons. The van der Waals surface area contributed by atoms with Crippen LogP contribution in [-0.4, -0.2) is 58.7 Å². The van der Waals surface area contributed by atoms with Gasteiger partial charge in [-0.05, 0) is 43.0 Å². The summed E-state index contributed by atoms with van der Waals surface area (Å²) in [5.74, 6) is 0.0706. The van der Waals surface area contributed by atoms with Crippen LogP contribution in [0, 0.1) is 12.8 Å². The smallest absolute Gasteiger partial charge is 0.319 e. The quantitative estimate of drug-likeness (QED) is 0.606. The van der Waals surface area contributed by atoms with E-state index in [9.17, 15) is 18.0 Å². The SMILES string of the molecule is COCCNC(=O)c1ccc(NC(=O)NC[C@@H]2CCS(=O)(=O)C2)c(C)c1. The minimum atomic E-state index is -2.95. The lowest BCUT2D eigenvalue weighted by Crippen LogP contribution is -2.33. The second-order valence-electron chi connectivity index (χ2n) is 6.38. The van der Waals surface area contributed by atoms with Gasteiger partial charge in [0.15, 0.2) is 9.84 Å². The average Bonchev–Trinajstić information content (AvgIpc) is 2.94. The van der Waals surface area contributed by atoms with Crippen LogP contribution in [0.1, 0.15) is 22.3 Å². The van der Waals surface area contributed by atoms with E-state index in [1.165, 1.54) is 0 Å². The number of carbonyl (C=O) groups is 2. The Kier molecular flexibility index (Phi) is 6.98. The Morgan fingerprint density at radius 2 is 2.04 bits per heavy atom. The summed E-state index contributed by atoms with van der Waals surface area (Å²) in [7, 11) is -1.38. The van der Waals surface area contributed by atoms with Crippen LogP contribution in [-0.2, 0) is 14.6 Å². The third-order valence-corrected chi connectivity index (χ3v) is 6.04. The summed E-state index contributed by atoms with van der Waals surface area (Å²) in [5, 5.41) is 8.16. The normalized spacial score (nSPS) is 18.3. The van der Waals surface area contributed by atoms with Crippen molar-refractivity contribution in [1.29, 1.82) is 0 Å². The molecule has 1 aromatic carbocycles. The fraction of sp³-hybridized carbons (Fsp3) is 0.529. The van der Waals surface area contributed by atoms with Crippen molar-refractivity contribution in [1.82, 2.24) is 10.6 Å². The fourth-order valence-electron chi connectivity index (χ4n) is 2.75. The van der Waals surface area contributed by atoms with Gasteiger partial charge in [-0.15, -0.1) is 0 Å². The fourth-order valence-corrected chi connectivity index (χ4v) is 4.61. The molecular weight excluding hydrogens is 358 g/mol. The number of hydrogen-bond donors (Lipinski definition) is 3. The van der Waals surface area contributed by atoms with Gasteiger partial charge in [0, 0.05) is 31.5 Å². The van der Waals surface area contributed by atoms with Crippen LogP contribution in [0.15, 0.2) is 18.2 Å². The number of rotatable bonds is 7. The molecule has 0 saturated carbocycles. The van der Waals surface area contributed by atoms with Crippen molar-refractivity contribution in [3.63, 3.8) is 0 Å². The van der Waals surface area contributed by atoms with Crippen molar-refractivity contribution in [2.75, 3.05) is 43.6 Å². The number of hydrogen-bond acceptors (Lipinski definition) is 5. The first-order chi connectivity index (χ1) is 12.3. The number of aryl methyl sites for hydroxylation is 1. The summed E-state index contributed by atoms with van der Waals surface area (Å²) in [6.45, 7) is 2.98. The Bertz CT molecular complexity index is 764. The summed E-state index contributed by atoms with van der Waals surface area (Å²) in [6.07, 6.45) is 0.578. The van der Waals surface area contributed by atoms with Gasteiger partial charge < -0.3 is 20.7 Å². The predicted molar refractivity (Wildman–Crippen MR) is 99.2 cm³/mol. The average molecular weight is 383 g/mol. The molecule has 1 heterocycles. The molecule has 1 aromatic rings. The topological polar surface area (TPSA) is 114 Å². The van der Waals surface area contributed by atoms with Gasteiger partial charge in [-0.3, -0.25) is 4.79 Å². The van der Waals surface area contributed by atoms with Crippen LogP contribution >= 0.6 is 0 Å². The van der Waals surface area contributed by atoms with E-state index in [-0.39, 0.29) is 23.3 Å². The van der Waals surface area contributed by atoms with Crippen molar-refractivity contribution in [3.8, 4) is 0 Å². The second kappa shape index (κ2) is 9.00. The highest BCUT2D eigenvalue weighted by molar-refractivity contribution is 7.91. The number of nitrogens with one attached hydrogen (secondary N) is 3. The van der Waals surface area contributed by atoms with Gasteiger partial charge in [-0.25, -0.2) is 13.2 Å². The van der Waals surface area contributed by atoms with Gasteiger partial charge in [0.25, 0.3) is 5.91 Å². The summed E-state index contributed by atoms with van der Waals surface area (Å²) < 4.78 is 27.7. The molecule has 144 valence electrons. The van der Waals surface area contributed by atoms with E-state index in [1.807, 2.05) is 0 Å². The molecule has 9 heteroatoms. The van der Waals surface area contributed by atoms with Gasteiger partial charge in [0.05, 0.1) is 18.1 Å². The standard InChI is InChI=1S/C17H25N3O5S/c1-12-9-14(16(21)18-6-7-25-2)3-4-15(12)20-17(22)19-10-13-5-8-26(23,24)11-13/h3-4,9,13H,5-8,10-11H2,1-2H3,(H,18,21)(H2,19,20,22)/t13-/m0/s1. The molecule has 0 unspecified atom stereocenters. The number of ether oxygens (including phenoxy) is 1. The Morgan fingerprint density at radius 1 is 1.27 bits per heavy atom. The molecule has 1 saturated heterocycles. The first-order valence-electron chi connectivity index (χ1n) is 8.44. The highest BCUT2D eigenvalue weighted by atomic mass is 32.2. The maximum Gasteiger partial charge on any atom is 0.319 e. The van der Waals surface area contributed by atoms with E-state index in [0.717, 1.165) is 5.56 Å². The van der Waals surface area contributed by atoms with E-state index in [2.05, 4.69) is 16.0 Å². The Hall–Kier alpha value is -2.13. The van der Waals surface area contributed by atoms with Crippen LogP contribution < -0.4 is 16.0 Å². The Balaban J connectivity index is 1.85. The van der Waals surface area contributed by atoms with E-state index < -0.39 is 15.9 Å². The van der Waals surface area contributed by atoms with Gasteiger partial charge in [0.2, 0.25) is 0 Å². The lowest BCUT2D eigenvalue weighted by atomic mass is 10.1. The van der Waals surface area contributed by atoms with E-state index in [0.29, 0.717) is 37.4 Å². The second-order valence-corrected chi connectivity index (χ2v) is 8.61. The van der Waals surface area contributed by atoms with E-state index in [1.54, 1.807) is 32.2 Å². The number of sulfone groups is 1. The van der Waals surface area contributed by atoms with Crippen LogP contribution in [0.2, 0.25) is 0 Å².